The lowest BCUT2D eigenvalue weighted by Crippen LogP contribution is -2.41. The number of aromatic amines is 1. The third-order valence-electron chi connectivity index (χ3n) is 5.22. The molecule has 1 saturated heterocycles. The Balaban J connectivity index is 1.51. The van der Waals surface area contributed by atoms with Crippen LogP contribution in [-0.4, -0.2) is 45.0 Å². The Morgan fingerprint density at radius 3 is 2.81 bits per heavy atom. The van der Waals surface area contributed by atoms with Gasteiger partial charge in [0.25, 0.3) is 5.91 Å². The smallest absolute Gasteiger partial charge is 0.261 e. The summed E-state index contributed by atoms with van der Waals surface area (Å²) < 4.78 is 19.7. The monoisotopic (exact) mass is 437 g/mol. The fraction of sp³-hybridized carbons (Fsp3) is 0.304. The number of anilines is 1. The van der Waals surface area contributed by atoms with Gasteiger partial charge in [0, 0.05) is 24.7 Å². The van der Waals surface area contributed by atoms with Crippen LogP contribution in [0.2, 0.25) is 0 Å². The number of carbonyl (C=O) groups excluding carboxylic acids is 2. The zero-order chi connectivity index (χ0) is 22.5. The largest absolute Gasteiger partial charge is 0.484 e. The number of rotatable bonds is 6. The number of para-hydroxylation sites is 1. The number of nitrogens with zero attached hydrogens (tertiary/aromatic N) is 3. The highest BCUT2D eigenvalue weighted by atomic mass is 19.1. The van der Waals surface area contributed by atoms with E-state index in [0.717, 1.165) is 19.3 Å². The predicted octanol–water partition coefficient (Wildman–Crippen LogP) is 3.70. The molecule has 8 nitrogen and oxygen atoms in total. The first kappa shape index (κ1) is 21.5. The minimum Gasteiger partial charge on any atom is -0.484 e. The Morgan fingerprint density at radius 1 is 1.22 bits per heavy atom. The summed E-state index contributed by atoms with van der Waals surface area (Å²) >= 11 is 0. The van der Waals surface area contributed by atoms with Crippen molar-refractivity contribution in [1.82, 2.24) is 20.1 Å². The highest BCUT2D eigenvalue weighted by Gasteiger charge is 2.30. The van der Waals surface area contributed by atoms with Crippen molar-refractivity contribution in [3.8, 4) is 17.1 Å². The number of ether oxygens (including phenoxy) is 1. The molecule has 0 spiro atoms. The summed E-state index contributed by atoms with van der Waals surface area (Å²) in [7, 11) is 0. The van der Waals surface area contributed by atoms with Gasteiger partial charge in [-0.1, -0.05) is 18.2 Å². The molecule has 3 aromatic rings. The van der Waals surface area contributed by atoms with Crippen LogP contribution >= 0.6 is 0 Å². The van der Waals surface area contributed by atoms with Crippen LogP contribution in [0.5, 0.6) is 5.75 Å². The Morgan fingerprint density at radius 2 is 2.03 bits per heavy atom. The molecule has 0 bridgehead atoms. The average molecular weight is 437 g/mol. The van der Waals surface area contributed by atoms with Gasteiger partial charge in [-0.3, -0.25) is 14.7 Å². The van der Waals surface area contributed by atoms with Gasteiger partial charge in [-0.05, 0) is 49.6 Å². The molecule has 9 heteroatoms. The summed E-state index contributed by atoms with van der Waals surface area (Å²) in [6.45, 7) is 1.89. The van der Waals surface area contributed by atoms with Crippen molar-refractivity contribution < 1.29 is 18.7 Å². The van der Waals surface area contributed by atoms with Crippen LogP contribution in [0.1, 0.15) is 38.1 Å². The number of H-pyrrole nitrogens is 1. The van der Waals surface area contributed by atoms with Crippen LogP contribution in [0.3, 0.4) is 0 Å². The molecule has 0 saturated carbocycles. The van der Waals surface area contributed by atoms with Gasteiger partial charge in [-0.15, -0.1) is 0 Å². The molecule has 2 heterocycles. The fourth-order valence-corrected chi connectivity index (χ4v) is 3.81. The number of hydrogen-bond donors (Lipinski definition) is 2. The number of amides is 2. The van der Waals surface area contributed by atoms with E-state index in [1.54, 1.807) is 23.1 Å². The van der Waals surface area contributed by atoms with Crippen molar-refractivity contribution in [3.05, 3.63) is 60.2 Å². The number of aromatic nitrogens is 3. The molecular weight excluding hydrogens is 413 g/mol. The number of halogens is 1. The summed E-state index contributed by atoms with van der Waals surface area (Å²) in [5, 5.41) is 9.70. The number of carbonyl (C=O) groups is 2. The summed E-state index contributed by atoms with van der Waals surface area (Å²) in [5.41, 5.74) is 0.753. The molecule has 4 rings (SSSR count). The van der Waals surface area contributed by atoms with E-state index in [4.69, 9.17) is 4.74 Å². The summed E-state index contributed by atoms with van der Waals surface area (Å²) in [5.74, 6) is 0.534. The van der Waals surface area contributed by atoms with E-state index in [-0.39, 0.29) is 24.5 Å². The second-order valence-corrected chi connectivity index (χ2v) is 7.65. The summed E-state index contributed by atoms with van der Waals surface area (Å²) in [6, 6.07) is 13.1. The molecule has 1 aromatic heterocycles. The van der Waals surface area contributed by atoms with Crippen molar-refractivity contribution in [2.45, 2.75) is 32.2 Å². The zero-order valence-corrected chi connectivity index (χ0v) is 17.7. The number of nitrogens with one attached hydrogen (secondary N) is 2. The number of piperidine rings is 1. The van der Waals surface area contributed by atoms with E-state index in [1.165, 1.54) is 19.1 Å². The molecule has 1 aliphatic rings. The molecule has 1 unspecified atom stereocenters. The molecule has 1 fully saturated rings. The first-order valence-electron chi connectivity index (χ1n) is 10.5. The first-order chi connectivity index (χ1) is 15.5. The lowest BCUT2D eigenvalue weighted by atomic mass is 10.0. The highest BCUT2D eigenvalue weighted by molar-refractivity contribution is 5.89. The molecule has 166 valence electrons. The Hall–Kier alpha value is -3.75. The minimum atomic E-state index is -0.509. The standard InChI is InChI=1S/C23H24FN5O3/c1-15(30)25-18-12-16(11-17(24)13-18)22-26-23(28-27-22)20-9-5-6-10-29(20)21(31)14-32-19-7-3-2-4-8-19/h2-4,7-8,11-13,20H,5-6,9-10,14H2,1H3,(H,25,30)(H,26,27,28). The molecule has 32 heavy (non-hydrogen) atoms. The van der Waals surface area contributed by atoms with E-state index >= 15 is 0 Å². The number of likely N-dealkylation sites (tertiary alicyclic amines) is 1. The van der Waals surface area contributed by atoms with Crippen LogP contribution in [0.4, 0.5) is 10.1 Å². The summed E-state index contributed by atoms with van der Waals surface area (Å²) in [6.07, 6.45) is 2.60. The first-order valence-corrected chi connectivity index (χ1v) is 10.5. The van der Waals surface area contributed by atoms with Gasteiger partial charge >= 0.3 is 0 Å². The molecule has 1 atom stereocenters. The van der Waals surface area contributed by atoms with Gasteiger partial charge in [0.1, 0.15) is 17.4 Å². The topological polar surface area (TPSA) is 100 Å². The van der Waals surface area contributed by atoms with Gasteiger partial charge in [0.2, 0.25) is 5.91 Å². The average Bonchev–Trinajstić information content (AvgIpc) is 3.28. The second-order valence-electron chi connectivity index (χ2n) is 7.65. The normalized spacial score (nSPS) is 15.9. The fourth-order valence-electron chi connectivity index (χ4n) is 3.81. The van der Waals surface area contributed by atoms with Gasteiger partial charge < -0.3 is 15.0 Å². The van der Waals surface area contributed by atoms with Gasteiger partial charge in [-0.25, -0.2) is 9.37 Å². The highest BCUT2D eigenvalue weighted by Crippen LogP contribution is 2.30. The number of benzene rings is 2. The van der Waals surface area contributed by atoms with Crippen LogP contribution in [0.25, 0.3) is 11.4 Å². The van der Waals surface area contributed by atoms with E-state index in [0.29, 0.717) is 35.2 Å². The third kappa shape index (κ3) is 5.11. The molecule has 0 aliphatic carbocycles. The molecule has 2 aromatic carbocycles. The van der Waals surface area contributed by atoms with Crippen molar-refractivity contribution in [1.29, 1.82) is 0 Å². The van der Waals surface area contributed by atoms with Gasteiger partial charge in [0.05, 0.1) is 6.04 Å². The van der Waals surface area contributed by atoms with E-state index in [2.05, 4.69) is 20.5 Å². The maximum absolute atomic E-state index is 14.0. The van der Waals surface area contributed by atoms with Crippen molar-refractivity contribution in [3.63, 3.8) is 0 Å². The maximum atomic E-state index is 14.0. The van der Waals surface area contributed by atoms with Crippen LogP contribution < -0.4 is 10.1 Å². The lowest BCUT2D eigenvalue weighted by Gasteiger charge is -2.34. The van der Waals surface area contributed by atoms with Crippen LogP contribution in [-0.2, 0) is 9.59 Å². The van der Waals surface area contributed by atoms with Crippen LogP contribution in [0, 0.1) is 5.82 Å². The van der Waals surface area contributed by atoms with Crippen molar-refractivity contribution >= 4 is 17.5 Å². The Labute approximate surface area is 184 Å². The SMILES string of the molecule is CC(=O)Nc1cc(F)cc(-c2n[nH]c(C3CCCCN3C(=O)COc3ccccc3)n2)c1. The van der Waals surface area contributed by atoms with Crippen LogP contribution in [0.15, 0.2) is 48.5 Å². The minimum absolute atomic E-state index is 0.0640. The Bertz CT molecular complexity index is 1100. The quantitative estimate of drug-likeness (QED) is 0.613. The van der Waals surface area contributed by atoms with Gasteiger partial charge in [-0.2, -0.15) is 5.10 Å². The molecular formula is C23H24FN5O3. The van der Waals surface area contributed by atoms with E-state index < -0.39 is 5.82 Å². The van der Waals surface area contributed by atoms with Gasteiger partial charge in [0.15, 0.2) is 12.4 Å². The Kier molecular flexibility index (Phi) is 6.44. The van der Waals surface area contributed by atoms with Crippen molar-refractivity contribution in [2.24, 2.45) is 0 Å². The predicted molar refractivity (Wildman–Crippen MR) is 116 cm³/mol. The maximum Gasteiger partial charge on any atom is 0.261 e. The molecule has 0 radical (unpaired) electrons. The zero-order valence-electron chi connectivity index (χ0n) is 17.7. The molecule has 2 amide bonds. The molecule has 1 aliphatic heterocycles. The lowest BCUT2D eigenvalue weighted by molar-refractivity contribution is -0.137. The third-order valence-corrected chi connectivity index (χ3v) is 5.22. The number of hydrogen-bond acceptors (Lipinski definition) is 5. The van der Waals surface area contributed by atoms with E-state index in [1.807, 2.05) is 18.2 Å². The van der Waals surface area contributed by atoms with Crippen molar-refractivity contribution in [2.75, 3.05) is 18.5 Å². The summed E-state index contributed by atoms with van der Waals surface area (Å²) in [4.78, 5) is 30.5. The van der Waals surface area contributed by atoms with E-state index in [9.17, 15) is 14.0 Å². The second kappa shape index (κ2) is 9.59. The molecule has 2 N–H and O–H groups in total.